The standard InChI is InChI=1S/C47H32N4/c1-47(2)38-18-8-3-13-31(38)32-25-23-29(27-39(32)47)45-36-17-4-9-19-40(36)48-46(49-45)51-43-22-12-7-16-35(43)37-28-30(24-26-44(37)51)50-41-20-10-5-14-33(41)34-15-6-11-21-42(34)50/h3-28H,1-2H3. The van der Waals surface area contributed by atoms with E-state index in [4.69, 9.17) is 9.97 Å². The Morgan fingerprint density at radius 2 is 1.00 bits per heavy atom. The Kier molecular flexibility index (Phi) is 5.70. The van der Waals surface area contributed by atoms with E-state index in [2.05, 4.69) is 181 Å². The summed E-state index contributed by atoms with van der Waals surface area (Å²) in [5, 5.41) is 5.90. The van der Waals surface area contributed by atoms with E-state index in [-0.39, 0.29) is 5.41 Å². The lowest BCUT2D eigenvalue weighted by atomic mass is 9.82. The monoisotopic (exact) mass is 652 g/mol. The van der Waals surface area contributed by atoms with Crippen molar-refractivity contribution in [2.24, 2.45) is 0 Å². The molecule has 0 aliphatic heterocycles. The third kappa shape index (κ3) is 3.90. The topological polar surface area (TPSA) is 35.6 Å². The van der Waals surface area contributed by atoms with Gasteiger partial charge in [-0.15, -0.1) is 0 Å². The van der Waals surface area contributed by atoms with E-state index in [0.29, 0.717) is 5.95 Å². The van der Waals surface area contributed by atoms with E-state index in [1.165, 1.54) is 54.8 Å². The predicted octanol–water partition coefficient (Wildman–Crippen LogP) is 11.8. The zero-order chi connectivity index (χ0) is 33.8. The van der Waals surface area contributed by atoms with Crippen LogP contribution < -0.4 is 0 Å². The summed E-state index contributed by atoms with van der Waals surface area (Å²) >= 11 is 0. The van der Waals surface area contributed by atoms with Gasteiger partial charge >= 0.3 is 0 Å². The molecule has 0 unspecified atom stereocenters. The van der Waals surface area contributed by atoms with E-state index >= 15 is 0 Å². The number of benzene rings is 7. The molecule has 0 spiro atoms. The van der Waals surface area contributed by atoms with Gasteiger partial charge in [-0.3, -0.25) is 4.57 Å². The van der Waals surface area contributed by atoms with Crippen molar-refractivity contribution >= 4 is 54.5 Å². The van der Waals surface area contributed by atoms with Crippen molar-refractivity contribution in [1.29, 1.82) is 0 Å². The van der Waals surface area contributed by atoms with Crippen LogP contribution in [0.3, 0.4) is 0 Å². The van der Waals surface area contributed by atoms with Gasteiger partial charge < -0.3 is 4.57 Å². The smallest absolute Gasteiger partial charge is 0.235 e. The van der Waals surface area contributed by atoms with Crippen molar-refractivity contribution in [1.82, 2.24) is 19.1 Å². The lowest BCUT2D eigenvalue weighted by molar-refractivity contribution is 0.660. The van der Waals surface area contributed by atoms with Gasteiger partial charge in [0.2, 0.25) is 5.95 Å². The Morgan fingerprint density at radius 1 is 0.431 bits per heavy atom. The van der Waals surface area contributed by atoms with E-state index in [1.54, 1.807) is 0 Å². The molecule has 11 rings (SSSR count). The SMILES string of the molecule is CC1(C)c2ccccc2-c2ccc(-c3nc(-n4c5ccccc5c5cc(-n6c7ccccc7c7ccccc76)ccc54)nc4ccccc34)cc21. The molecular formula is C47H32N4. The average molecular weight is 653 g/mol. The first-order chi connectivity index (χ1) is 25.1. The van der Waals surface area contributed by atoms with E-state index in [1.807, 2.05) is 0 Å². The minimum absolute atomic E-state index is 0.103. The lowest BCUT2D eigenvalue weighted by Gasteiger charge is -2.22. The molecule has 0 atom stereocenters. The summed E-state index contributed by atoms with van der Waals surface area (Å²) in [4.78, 5) is 10.7. The van der Waals surface area contributed by atoms with Crippen molar-refractivity contribution in [3.63, 3.8) is 0 Å². The van der Waals surface area contributed by atoms with Gasteiger partial charge in [0.15, 0.2) is 0 Å². The highest BCUT2D eigenvalue weighted by Crippen LogP contribution is 2.49. The van der Waals surface area contributed by atoms with Gasteiger partial charge in [-0.2, -0.15) is 0 Å². The zero-order valence-electron chi connectivity index (χ0n) is 28.3. The van der Waals surface area contributed by atoms with Crippen LogP contribution in [0.2, 0.25) is 0 Å². The van der Waals surface area contributed by atoms with Crippen LogP contribution in [0.25, 0.3) is 88.5 Å². The molecule has 0 bridgehead atoms. The van der Waals surface area contributed by atoms with Gasteiger partial charge in [0.25, 0.3) is 0 Å². The molecule has 1 aliphatic rings. The molecule has 0 saturated heterocycles. The molecule has 0 amide bonds. The van der Waals surface area contributed by atoms with Crippen LogP contribution in [-0.4, -0.2) is 19.1 Å². The summed E-state index contributed by atoms with van der Waals surface area (Å²) in [6.07, 6.45) is 0. The van der Waals surface area contributed by atoms with Crippen LogP contribution in [0.15, 0.2) is 158 Å². The maximum atomic E-state index is 5.44. The highest BCUT2D eigenvalue weighted by atomic mass is 15.2. The van der Waals surface area contributed by atoms with Crippen molar-refractivity contribution < 1.29 is 0 Å². The van der Waals surface area contributed by atoms with Gasteiger partial charge in [0.05, 0.1) is 33.3 Å². The molecule has 1 aliphatic carbocycles. The van der Waals surface area contributed by atoms with Crippen LogP contribution in [0.4, 0.5) is 0 Å². The molecule has 4 heteroatoms. The van der Waals surface area contributed by atoms with E-state index in [0.717, 1.165) is 38.9 Å². The van der Waals surface area contributed by atoms with Gasteiger partial charge in [0, 0.05) is 43.6 Å². The Balaban J connectivity index is 1.15. The fourth-order valence-corrected chi connectivity index (χ4v) is 8.75. The van der Waals surface area contributed by atoms with Crippen LogP contribution >= 0.6 is 0 Å². The largest absolute Gasteiger partial charge is 0.309 e. The Labute approximate surface area is 294 Å². The van der Waals surface area contributed by atoms with Gasteiger partial charge in [-0.05, 0) is 70.8 Å². The minimum Gasteiger partial charge on any atom is -0.309 e. The van der Waals surface area contributed by atoms with Crippen LogP contribution in [-0.2, 0) is 5.41 Å². The summed E-state index contributed by atoms with van der Waals surface area (Å²) < 4.78 is 4.62. The molecule has 0 radical (unpaired) electrons. The molecule has 51 heavy (non-hydrogen) atoms. The van der Waals surface area contributed by atoms with E-state index in [9.17, 15) is 0 Å². The number of hydrogen-bond acceptors (Lipinski definition) is 2. The number of nitrogens with zero attached hydrogens (tertiary/aromatic N) is 4. The lowest BCUT2D eigenvalue weighted by Crippen LogP contribution is -2.15. The normalized spacial score (nSPS) is 13.5. The third-order valence-electron chi connectivity index (χ3n) is 11.1. The molecule has 0 fully saturated rings. The molecule has 0 saturated carbocycles. The number of para-hydroxylation sites is 4. The summed E-state index contributed by atoms with van der Waals surface area (Å²) in [5.41, 5.74) is 13.9. The number of rotatable bonds is 3. The van der Waals surface area contributed by atoms with Crippen LogP contribution in [0.5, 0.6) is 0 Å². The summed E-state index contributed by atoms with van der Waals surface area (Å²) in [5.74, 6) is 0.669. The fourth-order valence-electron chi connectivity index (χ4n) is 8.75. The molecule has 4 nitrogen and oxygen atoms in total. The second kappa shape index (κ2) is 10.3. The quantitative estimate of drug-likeness (QED) is 0.190. The maximum Gasteiger partial charge on any atom is 0.235 e. The summed E-state index contributed by atoms with van der Waals surface area (Å²) in [6.45, 7) is 4.66. The van der Waals surface area contributed by atoms with Crippen molar-refractivity contribution in [3.8, 4) is 34.0 Å². The molecule has 240 valence electrons. The maximum absolute atomic E-state index is 5.44. The molecule has 7 aromatic carbocycles. The molecule has 3 heterocycles. The fraction of sp³-hybridized carbons (Fsp3) is 0.0638. The second-order valence-electron chi connectivity index (χ2n) is 14.2. The average Bonchev–Trinajstić information content (AvgIpc) is 3.77. The van der Waals surface area contributed by atoms with Crippen LogP contribution in [0.1, 0.15) is 25.0 Å². The summed E-state index contributed by atoms with van der Waals surface area (Å²) in [7, 11) is 0. The van der Waals surface area contributed by atoms with Crippen molar-refractivity contribution in [3.05, 3.63) is 169 Å². The van der Waals surface area contributed by atoms with Crippen molar-refractivity contribution in [2.75, 3.05) is 0 Å². The predicted molar refractivity (Wildman–Crippen MR) is 211 cm³/mol. The third-order valence-corrected chi connectivity index (χ3v) is 11.1. The minimum atomic E-state index is -0.103. The van der Waals surface area contributed by atoms with Crippen LogP contribution in [0, 0.1) is 0 Å². The first-order valence-electron chi connectivity index (χ1n) is 17.6. The Bertz CT molecular complexity index is 3010. The van der Waals surface area contributed by atoms with Gasteiger partial charge in [0.1, 0.15) is 0 Å². The van der Waals surface area contributed by atoms with Gasteiger partial charge in [-0.1, -0.05) is 123 Å². The first-order valence-corrected chi connectivity index (χ1v) is 17.6. The van der Waals surface area contributed by atoms with E-state index < -0.39 is 0 Å². The Morgan fingerprint density at radius 3 is 1.75 bits per heavy atom. The summed E-state index contributed by atoms with van der Waals surface area (Å²) in [6, 6.07) is 56.8. The highest BCUT2D eigenvalue weighted by molar-refractivity contribution is 6.12. The first kappa shape index (κ1) is 28.3. The van der Waals surface area contributed by atoms with Crippen molar-refractivity contribution in [2.45, 2.75) is 19.3 Å². The highest BCUT2D eigenvalue weighted by Gasteiger charge is 2.35. The number of aromatic nitrogens is 4. The second-order valence-corrected chi connectivity index (χ2v) is 14.2. The molecule has 10 aromatic rings. The van der Waals surface area contributed by atoms with Gasteiger partial charge in [-0.25, -0.2) is 9.97 Å². The zero-order valence-corrected chi connectivity index (χ0v) is 28.3. The molecular weight excluding hydrogens is 621 g/mol. The number of fused-ring (bicyclic) bond motifs is 10. The molecule has 3 aromatic heterocycles. The molecule has 0 N–H and O–H groups in total. The Hall–Kier alpha value is -6.52. The number of hydrogen-bond donors (Lipinski definition) is 0.